The number of hydrogen-bond acceptors (Lipinski definition) is 5. The standard InChI is InChI=1S/C28H43ClN4O3Si2/c1-37(2,3)14-12-35-19-32-24-16-21-22(8-9-23(25(21)29)31-17-28(18-31)10-7-11-28)30-26(24)33(27(32)34)20-36-13-15-38(4,5)6/h8-9,16H,7,10-15,17-20H2,1-6H3. The van der Waals surface area contributed by atoms with Crippen LogP contribution in [0.3, 0.4) is 0 Å². The molecule has 1 aliphatic carbocycles. The summed E-state index contributed by atoms with van der Waals surface area (Å²) in [6.07, 6.45) is 4.00. The van der Waals surface area contributed by atoms with Crippen LogP contribution in [0.4, 0.5) is 5.69 Å². The molecule has 0 N–H and O–H groups in total. The maximum Gasteiger partial charge on any atom is 0.334 e. The first-order valence-electron chi connectivity index (χ1n) is 14.0. The Morgan fingerprint density at radius 2 is 1.55 bits per heavy atom. The van der Waals surface area contributed by atoms with E-state index in [1.54, 1.807) is 9.13 Å². The fourth-order valence-corrected chi connectivity index (χ4v) is 7.24. The monoisotopic (exact) mass is 574 g/mol. The molecule has 7 nitrogen and oxygen atoms in total. The van der Waals surface area contributed by atoms with Crippen LogP contribution in [0.2, 0.25) is 56.4 Å². The van der Waals surface area contributed by atoms with Crippen molar-refractivity contribution in [1.82, 2.24) is 14.1 Å². The van der Waals surface area contributed by atoms with Crippen LogP contribution in [0.25, 0.3) is 22.1 Å². The average molecular weight is 575 g/mol. The van der Waals surface area contributed by atoms with Crippen molar-refractivity contribution < 1.29 is 9.47 Å². The summed E-state index contributed by atoms with van der Waals surface area (Å²) in [5.74, 6) is 0. The molecule has 5 rings (SSSR count). The Hall–Kier alpha value is -1.66. The molecule has 0 bridgehead atoms. The zero-order chi connectivity index (χ0) is 27.3. The van der Waals surface area contributed by atoms with E-state index in [4.69, 9.17) is 26.1 Å². The van der Waals surface area contributed by atoms with Crippen LogP contribution in [0, 0.1) is 5.41 Å². The minimum Gasteiger partial charge on any atom is -0.369 e. The third-order valence-electron chi connectivity index (χ3n) is 8.12. The maximum absolute atomic E-state index is 13.6. The van der Waals surface area contributed by atoms with E-state index < -0.39 is 16.1 Å². The van der Waals surface area contributed by atoms with Gasteiger partial charge in [0, 0.05) is 53.3 Å². The number of rotatable bonds is 11. The van der Waals surface area contributed by atoms with Gasteiger partial charge in [-0.05, 0) is 43.1 Å². The lowest BCUT2D eigenvalue weighted by Gasteiger charge is -2.57. The number of fused-ring (bicyclic) bond motifs is 2. The number of hydrogen-bond donors (Lipinski definition) is 0. The molecule has 1 aromatic carbocycles. The molecule has 3 heterocycles. The van der Waals surface area contributed by atoms with Crippen LogP contribution < -0.4 is 10.6 Å². The summed E-state index contributed by atoms with van der Waals surface area (Å²) in [5.41, 5.74) is 3.56. The smallest absolute Gasteiger partial charge is 0.334 e. The predicted octanol–water partition coefficient (Wildman–Crippen LogP) is 6.62. The van der Waals surface area contributed by atoms with Gasteiger partial charge < -0.3 is 14.4 Å². The van der Waals surface area contributed by atoms with Gasteiger partial charge in [0.25, 0.3) is 0 Å². The highest BCUT2D eigenvalue weighted by Gasteiger charge is 2.47. The van der Waals surface area contributed by atoms with Gasteiger partial charge in [0.05, 0.1) is 21.7 Å². The van der Waals surface area contributed by atoms with Gasteiger partial charge in [0.15, 0.2) is 5.65 Å². The van der Waals surface area contributed by atoms with Crippen molar-refractivity contribution in [2.24, 2.45) is 5.41 Å². The molecular formula is C28H43ClN4O3Si2. The lowest BCUT2D eigenvalue weighted by molar-refractivity contribution is 0.0753. The third-order valence-corrected chi connectivity index (χ3v) is 11.9. The number of imidazole rings is 1. The highest BCUT2D eigenvalue weighted by atomic mass is 35.5. The van der Waals surface area contributed by atoms with Crippen LogP contribution in [0.15, 0.2) is 23.0 Å². The van der Waals surface area contributed by atoms with Gasteiger partial charge in [-0.15, -0.1) is 0 Å². The van der Waals surface area contributed by atoms with Crippen molar-refractivity contribution in [3.63, 3.8) is 0 Å². The van der Waals surface area contributed by atoms with Gasteiger partial charge in [-0.1, -0.05) is 57.3 Å². The minimum absolute atomic E-state index is 0.158. The second kappa shape index (κ2) is 10.4. The molecular weight excluding hydrogens is 532 g/mol. The van der Waals surface area contributed by atoms with E-state index in [1.165, 1.54) is 19.3 Å². The molecule has 1 saturated heterocycles. The normalized spacial score (nSPS) is 17.4. The molecule has 1 saturated carbocycles. The molecule has 0 unspecified atom stereocenters. The molecule has 3 aromatic rings. The summed E-state index contributed by atoms with van der Waals surface area (Å²) in [7, 11) is -2.46. The third kappa shape index (κ3) is 5.77. The largest absolute Gasteiger partial charge is 0.369 e. The fraction of sp³-hybridized carbons (Fsp3) is 0.643. The summed E-state index contributed by atoms with van der Waals surface area (Å²) < 4.78 is 15.3. The zero-order valence-electron chi connectivity index (χ0n) is 23.9. The Morgan fingerprint density at radius 3 is 2.11 bits per heavy atom. The highest BCUT2D eigenvalue weighted by molar-refractivity contribution is 6.76. The Bertz CT molecular complexity index is 1380. The van der Waals surface area contributed by atoms with Crippen LogP contribution in [-0.4, -0.2) is 56.6 Å². The van der Waals surface area contributed by atoms with Crippen LogP contribution in [0.1, 0.15) is 19.3 Å². The minimum atomic E-state index is -1.23. The van der Waals surface area contributed by atoms with Crippen molar-refractivity contribution in [2.75, 3.05) is 31.2 Å². The van der Waals surface area contributed by atoms with E-state index in [2.05, 4.69) is 50.2 Å². The van der Waals surface area contributed by atoms with E-state index in [1.807, 2.05) is 12.1 Å². The topological polar surface area (TPSA) is 61.5 Å². The van der Waals surface area contributed by atoms with Crippen LogP contribution >= 0.6 is 11.6 Å². The summed E-state index contributed by atoms with van der Waals surface area (Å²) in [4.78, 5) is 20.9. The summed E-state index contributed by atoms with van der Waals surface area (Å²) in [5, 5.41) is 1.59. The van der Waals surface area contributed by atoms with E-state index in [9.17, 15) is 4.79 Å². The predicted molar refractivity (Wildman–Crippen MR) is 163 cm³/mol. The number of aromatic nitrogens is 3. The molecule has 0 atom stereocenters. The van der Waals surface area contributed by atoms with Crippen molar-refractivity contribution in [2.45, 2.75) is 84.1 Å². The van der Waals surface area contributed by atoms with E-state index in [0.29, 0.717) is 29.3 Å². The quantitative estimate of drug-likeness (QED) is 0.190. The number of anilines is 1. The average Bonchev–Trinajstić information content (AvgIpc) is 3.01. The molecule has 38 heavy (non-hydrogen) atoms. The van der Waals surface area contributed by atoms with E-state index >= 15 is 0 Å². The SMILES string of the molecule is C[Si](C)(C)CCOCn1c(=O)n(COCC[Si](C)(C)C)c2nc3ccc(N4CC5(CCC5)C4)c(Cl)c3cc21. The van der Waals surface area contributed by atoms with Crippen LogP contribution in [-0.2, 0) is 22.9 Å². The molecule has 208 valence electrons. The molecule has 2 fully saturated rings. The van der Waals surface area contributed by atoms with Gasteiger partial charge >= 0.3 is 5.69 Å². The van der Waals surface area contributed by atoms with Crippen molar-refractivity contribution in [3.05, 3.63) is 33.7 Å². The maximum atomic E-state index is 13.6. The fourth-order valence-electron chi connectivity index (χ4n) is 5.40. The van der Waals surface area contributed by atoms with Gasteiger partial charge in [-0.25, -0.2) is 9.78 Å². The highest BCUT2D eigenvalue weighted by Crippen LogP contribution is 2.51. The molecule has 1 spiro atoms. The summed E-state index contributed by atoms with van der Waals surface area (Å²) >= 11 is 7.00. The molecule has 2 aliphatic rings. The number of nitrogens with zero attached hydrogens (tertiary/aromatic N) is 4. The van der Waals surface area contributed by atoms with Gasteiger partial charge in [0.2, 0.25) is 0 Å². The second-order valence-electron chi connectivity index (χ2n) is 13.8. The van der Waals surface area contributed by atoms with Crippen molar-refractivity contribution >= 4 is 55.5 Å². The summed E-state index contributed by atoms with van der Waals surface area (Å²) in [6.45, 7) is 17.8. The molecule has 1 aliphatic heterocycles. The number of benzene rings is 1. The molecule has 10 heteroatoms. The van der Waals surface area contributed by atoms with Gasteiger partial charge in [0.1, 0.15) is 13.5 Å². The summed E-state index contributed by atoms with van der Waals surface area (Å²) in [6, 6.07) is 8.23. The van der Waals surface area contributed by atoms with Gasteiger partial charge in [-0.3, -0.25) is 9.13 Å². The number of ether oxygens (including phenoxy) is 2. The second-order valence-corrected chi connectivity index (χ2v) is 25.5. The Kier molecular flexibility index (Phi) is 7.63. The van der Waals surface area contributed by atoms with E-state index in [0.717, 1.165) is 47.3 Å². The van der Waals surface area contributed by atoms with Crippen molar-refractivity contribution in [1.29, 1.82) is 0 Å². The first-order valence-corrected chi connectivity index (χ1v) is 21.8. The number of halogens is 1. The Labute approximate surface area is 233 Å². The first kappa shape index (κ1) is 27.9. The Morgan fingerprint density at radius 1 is 0.947 bits per heavy atom. The Balaban J connectivity index is 1.47. The lowest BCUT2D eigenvalue weighted by atomic mass is 9.63. The molecule has 0 amide bonds. The van der Waals surface area contributed by atoms with Crippen molar-refractivity contribution in [3.8, 4) is 0 Å². The lowest BCUT2D eigenvalue weighted by Crippen LogP contribution is -2.59. The number of pyridine rings is 1. The molecule has 2 aromatic heterocycles. The van der Waals surface area contributed by atoms with Crippen LogP contribution in [0.5, 0.6) is 0 Å². The zero-order valence-corrected chi connectivity index (χ0v) is 26.7. The molecule has 0 radical (unpaired) electrons. The van der Waals surface area contributed by atoms with Gasteiger partial charge in [-0.2, -0.15) is 0 Å². The first-order chi connectivity index (χ1) is 17.9. The van der Waals surface area contributed by atoms with E-state index in [-0.39, 0.29) is 19.2 Å².